The third-order valence-electron chi connectivity index (χ3n) is 6.11. The van der Waals surface area contributed by atoms with Crippen molar-refractivity contribution < 1.29 is 9.59 Å². The fourth-order valence-electron chi connectivity index (χ4n) is 4.24. The van der Waals surface area contributed by atoms with Crippen LogP contribution in [-0.2, 0) is 0 Å². The van der Waals surface area contributed by atoms with Crippen molar-refractivity contribution in [3.05, 3.63) is 106 Å². The molecule has 0 fully saturated rings. The van der Waals surface area contributed by atoms with Crippen LogP contribution in [0.2, 0.25) is 5.02 Å². The number of aryl methyl sites for hydroxylation is 2. The Hall–Kier alpha value is -4.29. The fraction of sp³-hybridized carbons (Fsp3) is 0.161. The maximum absolute atomic E-state index is 13.5. The summed E-state index contributed by atoms with van der Waals surface area (Å²) in [5, 5.41) is 7.14. The first-order chi connectivity index (χ1) is 18.3. The molecule has 192 valence electrons. The highest BCUT2D eigenvalue weighted by Gasteiger charge is 2.17. The van der Waals surface area contributed by atoms with E-state index < -0.39 is 0 Å². The molecule has 0 unspecified atom stereocenters. The molecule has 0 saturated heterocycles. The van der Waals surface area contributed by atoms with E-state index in [1.54, 1.807) is 42.6 Å². The van der Waals surface area contributed by atoms with Gasteiger partial charge in [-0.3, -0.25) is 14.6 Å². The second-order valence-corrected chi connectivity index (χ2v) is 9.30. The average molecular weight is 525 g/mol. The first-order valence-corrected chi connectivity index (χ1v) is 12.7. The molecule has 0 bridgehead atoms. The first kappa shape index (κ1) is 26.8. The SMILES string of the molecule is CC=NC(=CC)CNC(=O)c1ccc(NC(=O)c2cc(-c3ccccc3Cl)nc3c(C)cc(C)cc23)cc1. The highest BCUT2D eigenvalue weighted by atomic mass is 35.5. The second kappa shape index (κ2) is 11.8. The van der Waals surface area contributed by atoms with Crippen LogP contribution in [0.5, 0.6) is 0 Å². The summed E-state index contributed by atoms with van der Waals surface area (Å²) in [4.78, 5) is 35.1. The third-order valence-corrected chi connectivity index (χ3v) is 6.44. The van der Waals surface area contributed by atoms with E-state index in [2.05, 4.69) is 15.6 Å². The molecule has 2 N–H and O–H groups in total. The number of anilines is 1. The molecule has 38 heavy (non-hydrogen) atoms. The van der Waals surface area contributed by atoms with Gasteiger partial charge in [0, 0.05) is 33.4 Å². The topological polar surface area (TPSA) is 83.5 Å². The average Bonchev–Trinajstić information content (AvgIpc) is 2.91. The van der Waals surface area contributed by atoms with Crippen molar-refractivity contribution in [2.24, 2.45) is 4.99 Å². The van der Waals surface area contributed by atoms with E-state index in [1.807, 2.05) is 64.1 Å². The zero-order valence-corrected chi connectivity index (χ0v) is 22.6. The van der Waals surface area contributed by atoms with Crippen LogP contribution in [0.15, 0.2) is 83.5 Å². The van der Waals surface area contributed by atoms with Gasteiger partial charge in [-0.15, -0.1) is 0 Å². The molecule has 4 rings (SSSR count). The minimum atomic E-state index is -0.275. The van der Waals surface area contributed by atoms with Gasteiger partial charge in [-0.1, -0.05) is 47.5 Å². The van der Waals surface area contributed by atoms with E-state index in [0.29, 0.717) is 34.1 Å². The lowest BCUT2D eigenvalue weighted by Gasteiger charge is -2.14. The first-order valence-electron chi connectivity index (χ1n) is 12.3. The molecule has 1 heterocycles. The van der Waals surface area contributed by atoms with E-state index in [-0.39, 0.29) is 11.8 Å². The van der Waals surface area contributed by atoms with Gasteiger partial charge < -0.3 is 10.6 Å². The number of halogens is 1. The van der Waals surface area contributed by atoms with Crippen molar-refractivity contribution >= 4 is 46.2 Å². The minimum absolute atomic E-state index is 0.219. The molecule has 0 aliphatic rings. The molecule has 0 saturated carbocycles. The van der Waals surface area contributed by atoms with Crippen molar-refractivity contribution in [2.75, 3.05) is 11.9 Å². The van der Waals surface area contributed by atoms with Gasteiger partial charge in [-0.05, 0) is 75.7 Å². The summed E-state index contributed by atoms with van der Waals surface area (Å²) in [7, 11) is 0. The number of fused-ring (bicyclic) bond motifs is 1. The summed E-state index contributed by atoms with van der Waals surface area (Å²) >= 11 is 6.46. The zero-order valence-electron chi connectivity index (χ0n) is 21.8. The van der Waals surface area contributed by atoms with Crippen molar-refractivity contribution in [1.29, 1.82) is 0 Å². The monoisotopic (exact) mass is 524 g/mol. The lowest BCUT2D eigenvalue weighted by atomic mass is 9.99. The van der Waals surface area contributed by atoms with Gasteiger partial charge in [0.05, 0.1) is 29.0 Å². The third kappa shape index (κ3) is 5.98. The predicted octanol–water partition coefficient (Wildman–Crippen LogP) is 7.15. The molecule has 3 aromatic carbocycles. The number of carbonyl (C=O) groups excluding carboxylic acids is 2. The largest absolute Gasteiger partial charge is 0.346 e. The van der Waals surface area contributed by atoms with E-state index >= 15 is 0 Å². The number of rotatable bonds is 7. The number of aromatic nitrogens is 1. The number of hydrogen-bond acceptors (Lipinski definition) is 4. The molecule has 1 aromatic heterocycles. The summed E-state index contributed by atoms with van der Waals surface area (Å²) in [6.45, 7) is 8.01. The summed E-state index contributed by atoms with van der Waals surface area (Å²) in [5.74, 6) is -0.493. The van der Waals surface area contributed by atoms with Crippen LogP contribution in [0.1, 0.15) is 45.7 Å². The summed E-state index contributed by atoms with van der Waals surface area (Å²) in [5.41, 5.74) is 6.47. The number of nitrogens with one attached hydrogen (secondary N) is 2. The van der Waals surface area contributed by atoms with Crippen LogP contribution < -0.4 is 10.6 Å². The highest BCUT2D eigenvalue weighted by molar-refractivity contribution is 6.33. The maximum Gasteiger partial charge on any atom is 0.256 e. The number of pyridine rings is 1. The Labute approximate surface area is 227 Å². The summed E-state index contributed by atoms with van der Waals surface area (Å²) < 4.78 is 0. The standard InChI is InChI=1S/C31H29ClN4O2/c1-5-22(33-6-2)18-34-30(37)21-11-13-23(14-12-21)35-31(38)26-17-28(24-9-7-8-10-27(24)32)36-29-20(4)15-19(3)16-25(26)29/h5-17H,18H2,1-4H3,(H,34,37)(H,35,38). The molecular weight excluding hydrogens is 496 g/mol. The van der Waals surface area contributed by atoms with Gasteiger partial charge in [0.25, 0.3) is 11.8 Å². The summed E-state index contributed by atoms with van der Waals surface area (Å²) in [6, 6.07) is 20.0. The Bertz CT molecular complexity index is 1570. The molecule has 6 nitrogen and oxygen atoms in total. The van der Waals surface area contributed by atoms with Gasteiger partial charge in [0.2, 0.25) is 0 Å². The maximum atomic E-state index is 13.5. The number of hydrogen-bond donors (Lipinski definition) is 2. The molecule has 4 aromatic rings. The van der Waals surface area contributed by atoms with E-state index in [0.717, 1.165) is 33.3 Å². The number of amides is 2. The van der Waals surface area contributed by atoms with Crippen LogP contribution in [0.4, 0.5) is 5.69 Å². The van der Waals surface area contributed by atoms with Gasteiger partial charge in [-0.2, -0.15) is 0 Å². The van der Waals surface area contributed by atoms with Gasteiger partial charge in [0.1, 0.15) is 0 Å². The number of aliphatic imine (C=N–C) groups is 1. The van der Waals surface area contributed by atoms with E-state index in [9.17, 15) is 9.59 Å². The molecule has 0 aliphatic carbocycles. The van der Waals surface area contributed by atoms with E-state index in [4.69, 9.17) is 16.6 Å². The molecule has 7 heteroatoms. The second-order valence-electron chi connectivity index (χ2n) is 8.89. The number of nitrogens with zero attached hydrogens (tertiary/aromatic N) is 2. The Morgan fingerprint density at radius 2 is 1.71 bits per heavy atom. The molecule has 0 radical (unpaired) electrons. The molecule has 0 spiro atoms. The lowest BCUT2D eigenvalue weighted by Crippen LogP contribution is -2.25. The molecule has 2 amide bonds. The normalized spacial score (nSPS) is 11.7. The van der Waals surface area contributed by atoms with Crippen molar-refractivity contribution in [3.63, 3.8) is 0 Å². The van der Waals surface area contributed by atoms with Crippen LogP contribution in [0.25, 0.3) is 22.2 Å². The predicted molar refractivity (Wildman–Crippen MR) is 156 cm³/mol. The number of carbonyl (C=O) groups is 2. The minimum Gasteiger partial charge on any atom is -0.346 e. The smallest absolute Gasteiger partial charge is 0.256 e. The zero-order chi connectivity index (χ0) is 27.2. The number of benzene rings is 3. The molecule has 0 atom stereocenters. The van der Waals surface area contributed by atoms with Crippen LogP contribution in [-0.4, -0.2) is 29.6 Å². The Kier molecular flexibility index (Phi) is 8.34. The van der Waals surface area contributed by atoms with Gasteiger partial charge in [-0.25, -0.2) is 4.98 Å². The van der Waals surface area contributed by atoms with Crippen LogP contribution in [0, 0.1) is 13.8 Å². The quantitative estimate of drug-likeness (QED) is 0.252. The Morgan fingerprint density at radius 3 is 2.39 bits per heavy atom. The van der Waals surface area contributed by atoms with Gasteiger partial charge in [0.15, 0.2) is 0 Å². The molecule has 0 aliphatic heterocycles. The van der Waals surface area contributed by atoms with E-state index in [1.165, 1.54) is 0 Å². The van der Waals surface area contributed by atoms with Crippen molar-refractivity contribution in [1.82, 2.24) is 10.3 Å². The van der Waals surface area contributed by atoms with Crippen LogP contribution in [0.3, 0.4) is 0 Å². The summed E-state index contributed by atoms with van der Waals surface area (Å²) in [6.07, 6.45) is 3.53. The Morgan fingerprint density at radius 1 is 0.974 bits per heavy atom. The number of allylic oxidation sites excluding steroid dienone is 1. The van der Waals surface area contributed by atoms with Crippen LogP contribution >= 0.6 is 11.6 Å². The molecular formula is C31H29ClN4O2. The van der Waals surface area contributed by atoms with Crippen molar-refractivity contribution in [3.8, 4) is 11.3 Å². The Balaban J connectivity index is 1.62. The fourth-order valence-corrected chi connectivity index (χ4v) is 4.47. The highest BCUT2D eigenvalue weighted by Crippen LogP contribution is 2.32. The van der Waals surface area contributed by atoms with Crippen molar-refractivity contribution in [2.45, 2.75) is 27.7 Å². The lowest BCUT2D eigenvalue weighted by molar-refractivity contribution is 0.0956. The van der Waals surface area contributed by atoms with Gasteiger partial charge >= 0.3 is 0 Å².